The van der Waals surface area contributed by atoms with Gasteiger partial charge in [-0.3, -0.25) is 4.18 Å². The lowest BCUT2D eigenvalue weighted by molar-refractivity contribution is -0.140. The molecular formula is C26H33F3O6S2Si. The van der Waals surface area contributed by atoms with Crippen molar-refractivity contribution in [2.24, 2.45) is 0 Å². The Hall–Kier alpha value is -1.41. The SMILES string of the molecule is CC(C)(C)[Si]1(C(C)(C)C)OC[C@H]2O[C@H](Sc3ccccc3)[C@@H](OS(=O)(=O)c3ccccc3C(F)(F)F)[C@@H]2O1. The van der Waals surface area contributed by atoms with Gasteiger partial charge < -0.3 is 13.6 Å². The van der Waals surface area contributed by atoms with E-state index in [1.54, 1.807) is 0 Å². The molecule has 0 unspecified atom stereocenters. The first-order chi connectivity index (χ1) is 17.5. The van der Waals surface area contributed by atoms with E-state index < -0.39 is 69.1 Å². The van der Waals surface area contributed by atoms with Gasteiger partial charge in [-0.15, -0.1) is 0 Å². The Morgan fingerprint density at radius 2 is 1.50 bits per heavy atom. The normalized spacial score (nSPS) is 26.2. The highest BCUT2D eigenvalue weighted by Crippen LogP contribution is 2.56. The Labute approximate surface area is 227 Å². The van der Waals surface area contributed by atoms with E-state index in [1.165, 1.54) is 17.8 Å². The van der Waals surface area contributed by atoms with Crippen molar-refractivity contribution < 1.29 is 39.4 Å². The number of alkyl halides is 3. The van der Waals surface area contributed by atoms with Crippen LogP contribution in [0.5, 0.6) is 0 Å². The van der Waals surface area contributed by atoms with Crippen LogP contribution in [0.1, 0.15) is 47.1 Å². The topological polar surface area (TPSA) is 71.1 Å². The maximum atomic E-state index is 13.7. The summed E-state index contributed by atoms with van der Waals surface area (Å²) in [6.45, 7) is 12.3. The maximum absolute atomic E-state index is 13.7. The van der Waals surface area contributed by atoms with E-state index in [4.69, 9.17) is 17.8 Å². The number of fused-ring (bicyclic) bond motifs is 1. The first-order valence-corrected chi connectivity index (χ1v) is 16.4. The number of rotatable bonds is 5. The van der Waals surface area contributed by atoms with Crippen LogP contribution in [0.3, 0.4) is 0 Å². The van der Waals surface area contributed by atoms with Gasteiger partial charge in [-0.1, -0.05) is 83.6 Å². The van der Waals surface area contributed by atoms with Crippen molar-refractivity contribution in [1.82, 2.24) is 0 Å². The van der Waals surface area contributed by atoms with Crippen LogP contribution in [-0.4, -0.2) is 47.3 Å². The van der Waals surface area contributed by atoms with Gasteiger partial charge in [0.2, 0.25) is 0 Å². The smallest absolute Gasteiger partial charge is 0.391 e. The summed E-state index contributed by atoms with van der Waals surface area (Å²) >= 11 is 1.23. The molecule has 0 spiro atoms. The molecule has 0 saturated carbocycles. The molecule has 0 amide bonds. The van der Waals surface area contributed by atoms with E-state index in [0.29, 0.717) is 0 Å². The molecule has 4 atom stereocenters. The van der Waals surface area contributed by atoms with Crippen LogP contribution in [0.4, 0.5) is 13.2 Å². The van der Waals surface area contributed by atoms with Crippen LogP contribution in [0, 0.1) is 0 Å². The lowest BCUT2D eigenvalue weighted by atomic mass is 10.1. The molecular weight excluding hydrogens is 557 g/mol. The molecule has 12 heteroatoms. The van der Waals surface area contributed by atoms with Crippen molar-refractivity contribution >= 4 is 30.4 Å². The summed E-state index contributed by atoms with van der Waals surface area (Å²) < 4.78 is 93.0. The zero-order valence-electron chi connectivity index (χ0n) is 22.1. The third kappa shape index (κ3) is 5.58. The van der Waals surface area contributed by atoms with Gasteiger partial charge in [0.1, 0.15) is 28.6 Å². The minimum absolute atomic E-state index is 0.163. The summed E-state index contributed by atoms with van der Waals surface area (Å²) in [5, 5.41) is -0.819. The predicted octanol–water partition coefficient (Wildman–Crippen LogP) is 6.75. The first-order valence-electron chi connectivity index (χ1n) is 12.2. The molecule has 2 aromatic rings. The van der Waals surface area contributed by atoms with Crippen LogP contribution in [-0.2, 0) is 34.1 Å². The fourth-order valence-electron chi connectivity index (χ4n) is 5.25. The predicted molar refractivity (Wildman–Crippen MR) is 140 cm³/mol. The molecule has 0 aliphatic carbocycles. The van der Waals surface area contributed by atoms with Gasteiger partial charge >= 0.3 is 14.7 Å². The van der Waals surface area contributed by atoms with Gasteiger partial charge in [-0.25, -0.2) is 0 Å². The van der Waals surface area contributed by atoms with Crippen molar-refractivity contribution in [2.45, 2.75) is 91.3 Å². The molecule has 6 nitrogen and oxygen atoms in total. The van der Waals surface area contributed by atoms with E-state index in [0.717, 1.165) is 23.1 Å². The molecule has 2 fully saturated rings. The lowest BCUT2D eigenvalue weighted by Gasteiger charge is -2.53. The second-order valence-corrected chi connectivity index (χ2v) is 19.0. The summed E-state index contributed by atoms with van der Waals surface area (Å²) in [6, 6.07) is 13.2. The van der Waals surface area contributed by atoms with E-state index in [-0.39, 0.29) is 6.61 Å². The van der Waals surface area contributed by atoms with Crippen LogP contribution < -0.4 is 0 Å². The maximum Gasteiger partial charge on any atom is 0.417 e. The van der Waals surface area contributed by atoms with Gasteiger partial charge in [-0.2, -0.15) is 21.6 Å². The molecule has 0 bridgehead atoms. The summed E-state index contributed by atoms with van der Waals surface area (Å²) in [4.78, 5) is -0.157. The van der Waals surface area contributed by atoms with Gasteiger partial charge in [0.05, 0.1) is 12.2 Å². The lowest BCUT2D eigenvalue weighted by Crippen LogP contribution is -2.65. The molecule has 0 radical (unpaired) electrons. The molecule has 38 heavy (non-hydrogen) atoms. The van der Waals surface area contributed by atoms with Crippen molar-refractivity contribution in [3.05, 3.63) is 60.2 Å². The van der Waals surface area contributed by atoms with E-state index in [9.17, 15) is 21.6 Å². The van der Waals surface area contributed by atoms with Gasteiger partial charge in [0, 0.05) is 15.0 Å². The van der Waals surface area contributed by atoms with Crippen LogP contribution >= 0.6 is 11.8 Å². The quantitative estimate of drug-likeness (QED) is 0.282. The third-order valence-corrected chi connectivity index (χ3v) is 14.3. The molecule has 2 aliphatic rings. The number of thioether (sulfide) groups is 1. The number of benzene rings is 2. The molecule has 2 saturated heterocycles. The van der Waals surface area contributed by atoms with E-state index in [2.05, 4.69) is 0 Å². The van der Waals surface area contributed by atoms with Crippen molar-refractivity contribution in [2.75, 3.05) is 6.61 Å². The molecule has 2 aliphatic heterocycles. The van der Waals surface area contributed by atoms with Gasteiger partial charge in [-0.05, 0) is 24.3 Å². The van der Waals surface area contributed by atoms with Crippen LogP contribution in [0.25, 0.3) is 0 Å². The Balaban J connectivity index is 1.76. The van der Waals surface area contributed by atoms with E-state index in [1.807, 2.05) is 71.9 Å². The zero-order valence-corrected chi connectivity index (χ0v) is 24.7. The van der Waals surface area contributed by atoms with Gasteiger partial charge in [0.25, 0.3) is 10.1 Å². The second-order valence-electron chi connectivity index (χ2n) is 11.5. The average Bonchev–Trinajstić information content (AvgIpc) is 3.13. The van der Waals surface area contributed by atoms with Crippen LogP contribution in [0.2, 0.25) is 10.1 Å². The van der Waals surface area contributed by atoms with Gasteiger partial charge in [0.15, 0.2) is 0 Å². The van der Waals surface area contributed by atoms with E-state index >= 15 is 0 Å². The molecule has 0 N–H and O–H groups in total. The highest BCUT2D eigenvalue weighted by Gasteiger charge is 2.65. The zero-order chi connectivity index (χ0) is 28.1. The summed E-state index contributed by atoms with van der Waals surface area (Å²) in [5.41, 5.74) is -2.16. The first kappa shape index (κ1) is 29.6. The number of hydrogen-bond acceptors (Lipinski definition) is 7. The highest BCUT2D eigenvalue weighted by molar-refractivity contribution is 7.99. The largest absolute Gasteiger partial charge is 0.417 e. The number of hydrogen-bond donors (Lipinski definition) is 0. The Bertz CT molecular complexity index is 1230. The third-order valence-electron chi connectivity index (χ3n) is 6.69. The molecule has 210 valence electrons. The highest BCUT2D eigenvalue weighted by atomic mass is 32.2. The molecule has 2 heterocycles. The Morgan fingerprint density at radius 1 is 0.921 bits per heavy atom. The van der Waals surface area contributed by atoms with Crippen molar-refractivity contribution in [1.29, 1.82) is 0 Å². The fraction of sp³-hybridized carbons (Fsp3) is 0.538. The standard InChI is InChI=1S/C26H33F3O6S2Si/c1-24(2,3)38(25(4,5)6)32-16-19-21(35-38)22(23(33-19)36-17-12-8-7-9-13-17)34-37(30,31)20-15-11-10-14-18(20)26(27,28)29/h7-15,19,21-23H,16H2,1-6H3/t19-,21-,22+,23-/m1/s1. The summed E-state index contributed by atoms with van der Waals surface area (Å²) in [5.74, 6) is 0. The second kappa shape index (κ2) is 10.2. The minimum Gasteiger partial charge on any atom is -0.391 e. The number of halogens is 3. The molecule has 2 aromatic carbocycles. The van der Waals surface area contributed by atoms with Crippen molar-refractivity contribution in [3.63, 3.8) is 0 Å². The Morgan fingerprint density at radius 3 is 2.08 bits per heavy atom. The summed E-state index contributed by atoms with van der Waals surface area (Å²) in [7, 11) is -7.93. The number of ether oxygens (including phenoxy) is 1. The Kier molecular flexibility index (Phi) is 7.94. The minimum atomic E-state index is -4.88. The fourth-order valence-corrected chi connectivity index (χ4v) is 12.7. The van der Waals surface area contributed by atoms with Crippen molar-refractivity contribution in [3.8, 4) is 0 Å². The average molecular weight is 591 g/mol. The molecule has 4 rings (SSSR count). The summed E-state index contributed by atoms with van der Waals surface area (Å²) in [6.07, 6.45) is -7.60. The monoisotopic (exact) mass is 590 g/mol. The molecule has 0 aromatic heterocycles. The van der Waals surface area contributed by atoms with Crippen LogP contribution in [0.15, 0.2) is 64.4 Å².